The number of carbonyl (C=O) groups excluding carboxylic acids is 1. The third-order valence-electron chi connectivity index (χ3n) is 4.84. The molecule has 0 radical (unpaired) electrons. The average molecular weight is 382 g/mol. The number of methoxy groups -OCH3 is 1. The molecule has 0 bridgehead atoms. The Bertz CT molecular complexity index is 938. The number of hydrogen-bond donors (Lipinski definition) is 1. The molecule has 1 N–H and O–H groups in total. The minimum Gasteiger partial charge on any atom is -0.385 e. The Morgan fingerprint density at radius 1 is 1.15 bits per heavy atom. The SMILES string of the molecule is COCCCN1C(=O)c2[nH]nc(-c3ccc(Cl)cc3)c2C1c1ccccc1. The maximum absolute atomic E-state index is 13.1. The van der Waals surface area contributed by atoms with E-state index in [1.807, 2.05) is 47.4 Å². The van der Waals surface area contributed by atoms with Crippen molar-refractivity contribution < 1.29 is 9.53 Å². The summed E-state index contributed by atoms with van der Waals surface area (Å²) in [7, 11) is 1.67. The number of nitrogens with zero attached hydrogens (tertiary/aromatic N) is 2. The highest BCUT2D eigenvalue weighted by atomic mass is 35.5. The predicted molar refractivity (Wildman–Crippen MR) is 105 cm³/mol. The Morgan fingerprint density at radius 3 is 2.59 bits per heavy atom. The van der Waals surface area contributed by atoms with Crippen LogP contribution in [0.1, 0.15) is 34.1 Å². The lowest BCUT2D eigenvalue weighted by Crippen LogP contribution is -2.31. The standard InChI is InChI=1S/C21H20ClN3O2/c1-27-13-5-12-25-20(15-6-3-2-4-7-15)17-18(23-24-19(17)21(25)26)14-8-10-16(22)11-9-14/h2-4,6-11,20H,5,12-13H2,1H3,(H,23,24). The summed E-state index contributed by atoms with van der Waals surface area (Å²) in [6, 6.07) is 17.4. The van der Waals surface area contributed by atoms with Gasteiger partial charge in [-0.2, -0.15) is 5.10 Å². The number of rotatable bonds is 6. The van der Waals surface area contributed by atoms with E-state index in [2.05, 4.69) is 22.3 Å². The minimum absolute atomic E-state index is 0.0253. The van der Waals surface area contributed by atoms with E-state index in [-0.39, 0.29) is 11.9 Å². The number of halogens is 1. The number of H-pyrrole nitrogens is 1. The molecule has 138 valence electrons. The minimum atomic E-state index is -0.171. The number of hydrogen-bond acceptors (Lipinski definition) is 3. The monoisotopic (exact) mass is 381 g/mol. The first-order valence-corrected chi connectivity index (χ1v) is 9.27. The van der Waals surface area contributed by atoms with Crippen LogP contribution in [0, 0.1) is 0 Å². The highest BCUT2D eigenvalue weighted by molar-refractivity contribution is 6.30. The van der Waals surface area contributed by atoms with Crippen LogP contribution in [-0.2, 0) is 4.74 Å². The second-order valence-corrected chi connectivity index (χ2v) is 6.96. The van der Waals surface area contributed by atoms with Crippen molar-refractivity contribution in [2.75, 3.05) is 20.3 Å². The lowest BCUT2D eigenvalue weighted by atomic mass is 9.96. The lowest BCUT2D eigenvalue weighted by molar-refractivity contribution is 0.0723. The highest BCUT2D eigenvalue weighted by Gasteiger charge is 2.41. The zero-order chi connectivity index (χ0) is 18.8. The molecule has 1 aromatic heterocycles. The molecule has 3 aromatic rings. The molecule has 1 aliphatic heterocycles. The summed E-state index contributed by atoms with van der Waals surface area (Å²) in [4.78, 5) is 15.0. The van der Waals surface area contributed by atoms with Crippen molar-refractivity contribution in [3.8, 4) is 11.3 Å². The third-order valence-corrected chi connectivity index (χ3v) is 5.10. The van der Waals surface area contributed by atoms with Crippen LogP contribution in [0.25, 0.3) is 11.3 Å². The summed E-state index contributed by atoms with van der Waals surface area (Å²) < 4.78 is 5.17. The fourth-order valence-electron chi connectivity index (χ4n) is 3.62. The van der Waals surface area contributed by atoms with Gasteiger partial charge in [-0.1, -0.05) is 54.1 Å². The van der Waals surface area contributed by atoms with Gasteiger partial charge in [-0.15, -0.1) is 0 Å². The molecule has 0 spiro atoms. The van der Waals surface area contributed by atoms with Crippen LogP contribution in [0.5, 0.6) is 0 Å². The summed E-state index contributed by atoms with van der Waals surface area (Å²) in [5, 5.41) is 8.09. The van der Waals surface area contributed by atoms with Gasteiger partial charge in [0.2, 0.25) is 0 Å². The van der Waals surface area contributed by atoms with Crippen molar-refractivity contribution in [3.05, 3.63) is 76.4 Å². The number of fused-ring (bicyclic) bond motifs is 1. The van der Waals surface area contributed by atoms with Gasteiger partial charge in [0.05, 0.1) is 11.7 Å². The van der Waals surface area contributed by atoms with Crippen molar-refractivity contribution in [2.45, 2.75) is 12.5 Å². The number of aromatic amines is 1. The molecule has 6 heteroatoms. The molecule has 1 aliphatic rings. The second kappa shape index (κ2) is 7.55. The zero-order valence-electron chi connectivity index (χ0n) is 15.0. The molecule has 1 amide bonds. The van der Waals surface area contributed by atoms with Crippen molar-refractivity contribution >= 4 is 17.5 Å². The first-order valence-electron chi connectivity index (χ1n) is 8.89. The van der Waals surface area contributed by atoms with Gasteiger partial charge in [-0.3, -0.25) is 9.89 Å². The predicted octanol–water partition coefficient (Wildman–Crippen LogP) is 4.31. The number of carbonyl (C=O) groups is 1. The van der Waals surface area contributed by atoms with E-state index in [1.165, 1.54) is 0 Å². The van der Waals surface area contributed by atoms with Crippen molar-refractivity contribution in [1.82, 2.24) is 15.1 Å². The van der Waals surface area contributed by atoms with Crippen LogP contribution in [0.3, 0.4) is 0 Å². The summed E-state index contributed by atoms with van der Waals surface area (Å²) in [6.45, 7) is 1.23. The molecule has 0 saturated heterocycles. The summed E-state index contributed by atoms with van der Waals surface area (Å²) in [6.07, 6.45) is 0.777. The van der Waals surface area contributed by atoms with Crippen molar-refractivity contribution in [3.63, 3.8) is 0 Å². The van der Waals surface area contributed by atoms with Crippen LogP contribution >= 0.6 is 11.6 Å². The van der Waals surface area contributed by atoms with Crippen LogP contribution in [0.4, 0.5) is 0 Å². The largest absolute Gasteiger partial charge is 0.385 e. The lowest BCUT2D eigenvalue weighted by Gasteiger charge is -2.26. The molecule has 2 aromatic carbocycles. The van der Waals surface area contributed by atoms with Gasteiger partial charge < -0.3 is 9.64 Å². The molecular weight excluding hydrogens is 362 g/mol. The average Bonchev–Trinajstić information content (AvgIpc) is 3.23. The van der Waals surface area contributed by atoms with Crippen LogP contribution in [0.2, 0.25) is 5.02 Å². The maximum atomic E-state index is 13.1. The Morgan fingerprint density at radius 2 is 1.89 bits per heavy atom. The van der Waals surface area contributed by atoms with E-state index in [4.69, 9.17) is 16.3 Å². The Labute approximate surface area is 162 Å². The van der Waals surface area contributed by atoms with Gasteiger partial charge in [0.1, 0.15) is 5.69 Å². The van der Waals surface area contributed by atoms with Gasteiger partial charge in [0.25, 0.3) is 5.91 Å². The molecule has 0 aliphatic carbocycles. The van der Waals surface area contributed by atoms with Gasteiger partial charge in [-0.05, 0) is 24.1 Å². The summed E-state index contributed by atoms with van der Waals surface area (Å²) in [5.41, 5.74) is 4.28. The quantitative estimate of drug-likeness (QED) is 0.647. The van der Waals surface area contributed by atoms with Crippen LogP contribution < -0.4 is 0 Å². The Balaban J connectivity index is 1.80. The summed E-state index contributed by atoms with van der Waals surface area (Å²) >= 11 is 6.03. The number of nitrogens with one attached hydrogen (secondary N) is 1. The van der Waals surface area contributed by atoms with E-state index in [0.717, 1.165) is 28.8 Å². The number of benzene rings is 2. The van der Waals surface area contributed by atoms with Gasteiger partial charge in [-0.25, -0.2) is 0 Å². The first-order chi connectivity index (χ1) is 13.2. The second-order valence-electron chi connectivity index (χ2n) is 6.53. The molecule has 1 atom stereocenters. The van der Waals surface area contributed by atoms with Crippen LogP contribution in [0.15, 0.2) is 54.6 Å². The first kappa shape index (κ1) is 17.8. The fraction of sp³-hybridized carbons (Fsp3) is 0.238. The van der Waals surface area contributed by atoms with Crippen molar-refractivity contribution in [1.29, 1.82) is 0 Å². The van der Waals surface area contributed by atoms with E-state index in [1.54, 1.807) is 7.11 Å². The molecule has 0 fully saturated rings. The van der Waals surface area contributed by atoms with E-state index in [0.29, 0.717) is 23.9 Å². The zero-order valence-corrected chi connectivity index (χ0v) is 15.7. The molecule has 2 heterocycles. The number of amides is 1. The van der Waals surface area contributed by atoms with Gasteiger partial charge in [0, 0.05) is 36.4 Å². The molecule has 1 unspecified atom stereocenters. The number of ether oxygens (including phenoxy) is 1. The number of aromatic nitrogens is 2. The van der Waals surface area contributed by atoms with Crippen molar-refractivity contribution in [2.24, 2.45) is 0 Å². The van der Waals surface area contributed by atoms with Gasteiger partial charge >= 0.3 is 0 Å². The molecular formula is C21H20ClN3O2. The Kier molecular flexibility index (Phi) is 4.97. The molecule has 0 saturated carbocycles. The van der Waals surface area contributed by atoms with E-state index < -0.39 is 0 Å². The topological polar surface area (TPSA) is 58.2 Å². The molecule has 5 nitrogen and oxygen atoms in total. The highest BCUT2D eigenvalue weighted by Crippen LogP contribution is 2.42. The third kappa shape index (κ3) is 3.24. The smallest absolute Gasteiger partial charge is 0.273 e. The van der Waals surface area contributed by atoms with E-state index in [9.17, 15) is 4.79 Å². The molecule has 27 heavy (non-hydrogen) atoms. The fourth-order valence-corrected chi connectivity index (χ4v) is 3.74. The van der Waals surface area contributed by atoms with E-state index >= 15 is 0 Å². The Hall–Kier alpha value is -2.63. The normalized spacial score (nSPS) is 16.0. The maximum Gasteiger partial charge on any atom is 0.273 e. The van der Waals surface area contributed by atoms with Gasteiger partial charge in [0.15, 0.2) is 0 Å². The summed E-state index contributed by atoms with van der Waals surface area (Å²) in [5.74, 6) is -0.0253. The van der Waals surface area contributed by atoms with Crippen LogP contribution in [-0.4, -0.2) is 41.3 Å². The molecule has 4 rings (SSSR count).